The average Bonchev–Trinajstić information content (AvgIpc) is 2.77. The lowest BCUT2D eigenvalue weighted by Crippen LogP contribution is -2.06. The van der Waals surface area contributed by atoms with Crippen LogP contribution in [0.2, 0.25) is 0 Å². The standard InChI is InChI=1S/C13H15FN2OS/c1-9-13(18-8-16-9)5-6-15-11-4-3-10(14)7-12(11)17-2/h3-4,7-8,15H,5-6H2,1-2H3. The fourth-order valence-electron chi connectivity index (χ4n) is 1.69. The van der Waals surface area contributed by atoms with Gasteiger partial charge in [-0.15, -0.1) is 11.3 Å². The monoisotopic (exact) mass is 266 g/mol. The number of benzene rings is 1. The minimum atomic E-state index is -0.296. The highest BCUT2D eigenvalue weighted by Crippen LogP contribution is 2.25. The molecule has 0 amide bonds. The molecule has 0 aliphatic heterocycles. The summed E-state index contributed by atoms with van der Waals surface area (Å²) in [6.07, 6.45) is 0.900. The van der Waals surface area contributed by atoms with Gasteiger partial charge in [-0.05, 0) is 19.1 Å². The summed E-state index contributed by atoms with van der Waals surface area (Å²) in [5.41, 5.74) is 3.73. The van der Waals surface area contributed by atoms with E-state index in [-0.39, 0.29) is 5.82 Å². The molecule has 0 radical (unpaired) electrons. The summed E-state index contributed by atoms with van der Waals surface area (Å²) in [6.45, 7) is 2.77. The summed E-state index contributed by atoms with van der Waals surface area (Å²) in [5, 5.41) is 3.24. The van der Waals surface area contributed by atoms with Crippen molar-refractivity contribution in [3.05, 3.63) is 40.1 Å². The number of anilines is 1. The van der Waals surface area contributed by atoms with Crippen LogP contribution in [0.5, 0.6) is 5.75 Å². The van der Waals surface area contributed by atoms with E-state index < -0.39 is 0 Å². The van der Waals surface area contributed by atoms with Gasteiger partial charge in [0.15, 0.2) is 0 Å². The summed E-state index contributed by atoms with van der Waals surface area (Å²) in [5.74, 6) is 0.228. The Morgan fingerprint density at radius 3 is 2.94 bits per heavy atom. The fraction of sp³-hybridized carbons (Fsp3) is 0.308. The molecule has 0 fully saturated rings. The van der Waals surface area contributed by atoms with Gasteiger partial charge in [0.1, 0.15) is 11.6 Å². The Kier molecular flexibility index (Phi) is 4.15. The van der Waals surface area contributed by atoms with Gasteiger partial charge >= 0.3 is 0 Å². The van der Waals surface area contributed by atoms with Gasteiger partial charge in [-0.2, -0.15) is 0 Å². The topological polar surface area (TPSA) is 34.1 Å². The van der Waals surface area contributed by atoms with Crippen molar-refractivity contribution in [2.24, 2.45) is 0 Å². The number of aromatic nitrogens is 1. The number of ether oxygens (including phenoxy) is 1. The van der Waals surface area contributed by atoms with Crippen LogP contribution in [-0.4, -0.2) is 18.6 Å². The number of nitrogens with one attached hydrogen (secondary N) is 1. The molecule has 1 aromatic heterocycles. The Labute approximate surface area is 110 Å². The van der Waals surface area contributed by atoms with Gasteiger partial charge < -0.3 is 10.1 Å². The number of rotatable bonds is 5. The number of hydrogen-bond donors (Lipinski definition) is 1. The zero-order chi connectivity index (χ0) is 13.0. The number of thiazole rings is 1. The predicted molar refractivity (Wildman–Crippen MR) is 72.0 cm³/mol. The lowest BCUT2D eigenvalue weighted by Gasteiger charge is -2.10. The lowest BCUT2D eigenvalue weighted by molar-refractivity contribution is 0.413. The zero-order valence-electron chi connectivity index (χ0n) is 10.4. The maximum absolute atomic E-state index is 13.0. The molecule has 5 heteroatoms. The van der Waals surface area contributed by atoms with Gasteiger partial charge in [0.2, 0.25) is 0 Å². The van der Waals surface area contributed by atoms with Gasteiger partial charge in [0.05, 0.1) is 24.0 Å². The van der Waals surface area contributed by atoms with Crippen LogP contribution < -0.4 is 10.1 Å². The van der Waals surface area contributed by atoms with Crippen LogP contribution in [0, 0.1) is 12.7 Å². The average molecular weight is 266 g/mol. The largest absolute Gasteiger partial charge is 0.494 e. The van der Waals surface area contributed by atoms with E-state index in [4.69, 9.17) is 4.74 Å². The quantitative estimate of drug-likeness (QED) is 0.902. The van der Waals surface area contributed by atoms with Gasteiger partial charge in [0.25, 0.3) is 0 Å². The molecule has 0 saturated heterocycles. The molecular weight excluding hydrogens is 251 g/mol. The third-order valence-electron chi connectivity index (χ3n) is 2.68. The third-order valence-corrected chi connectivity index (χ3v) is 3.67. The van der Waals surface area contributed by atoms with Crippen LogP contribution in [0.1, 0.15) is 10.6 Å². The fourth-order valence-corrected chi connectivity index (χ4v) is 2.47. The number of nitrogens with zero attached hydrogens (tertiary/aromatic N) is 1. The molecule has 0 bridgehead atoms. The van der Waals surface area contributed by atoms with Crippen molar-refractivity contribution in [1.82, 2.24) is 4.98 Å². The van der Waals surface area contributed by atoms with Crippen molar-refractivity contribution in [3.8, 4) is 5.75 Å². The summed E-state index contributed by atoms with van der Waals surface area (Å²) in [6, 6.07) is 4.48. The van der Waals surface area contributed by atoms with Crippen LogP contribution in [0.25, 0.3) is 0 Å². The highest BCUT2D eigenvalue weighted by molar-refractivity contribution is 7.09. The molecule has 18 heavy (non-hydrogen) atoms. The lowest BCUT2D eigenvalue weighted by atomic mass is 10.2. The summed E-state index contributed by atoms with van der Waals surface area (Å²) in [4.78, 5) is 5.47. The van der Waals surface area contributed by atoms with E-state index in [2.05, 4.69) is 10.3 Å². The van der Waals surface area contributed by atoms with Crippen molar-refractivity contribution < 1.29 is 9.13 Å². The Hall–Kier alpha value is -1.62. The minimum Gasteiger partial charge on any atom is -0.494 e. The molecule has 1 aromatic carbocycles. The van der Waals surface area contributed by atoms with Crippen molar-refractivity contribution in [2.75, 3.05) is 19.0 Å². The molecule has 2 aromatic rings. The Morgan fingerprint density at radius 2 is 2.28 bits per heavy atom. The molecule has 0 aliphatic rings. The molecule has 0 saturated carbocycles. The maximum atomic E-state index is 13.0. The summed E-state index contributed by atoms with van der Waals surface area (Å²) >= 11 is 1.65. The highest BCUT2D eigenvalue weighted by Gasteiger charge is 2.05. The van der Waals surface area contributed by atoms with Crippen molar-refractivity contribution in [3.63, 3.8) is 0 Å². The minimum absolute atomic E-state index is 0.296. The smallest absolute Gasteiger partial charge is 0.144 e. The molecular formula is C13H15FN2OS. The van der Waals surface area contributed by atoms with Crippen LogP contribution in [-0.2, 0) is 6.42 Å². The van der Waals surface area contributed by atoms with Gasteiger partial charge in [0, 0.05) is 23.9 Å². The van der Waals surface area contributed by atoms with Crippen LogP contribution in [0.15, 0.2) is 23.7 Å². The Balaban J connectivity index is 1.96. The van der Waals surface area contributed by atoms with E-state index in [0.29, 0.717) is 5.75 Å². The van der Waals surface area contributed by atoms with Crippen LogP contribution in [0.4, 0.5) is 10.1 Å². The molecule has 2 rings (SSSR count). The number of aryl methyl sites for hydroxylation is 1. The molecule has 0 unspecified atom stereocenters. The van der Waals surface area contributed by atoms with E-state index in [1.165, 1.54) is 24.1 Å². The second-order valence-corrected chi connectivity index (χ2v) is 4.82. The van der Waals surface area contributed by atoms with Crippen molar-refractivity contribution in [2.45, 2.75) is 13.3 Å². The highest BCUT2D eigenvalue weighted by atomic mass is 32.1. The number of hydrogen-bond acceptors (Lipinski definition) is 4. The van der Waals surface area contributed by atoms with E-state index in [1.807, 2.05) is 12.4 Å². The van der Waals surface area contributed by atoms with E-state index >= 15 is 0 Å². The Morgan fingerprint density at radius 1 is 1.44 bits per heavy atom. The molecule has 1 heterocycles. The van der Waals surface area contributed by atoms with Crippen molar-refractivity contribution in [1.29, 1.82) is 0 Å². The molecule has 1 N–H and O–H groups in total. The first-order chi connectivity index (χ1) is 8.70. The van der Waals surface area contributed by atoms with Crippen LogP contribution >= 0.6 is 11.3 Å². The first-order valence-corrected chi connectivity index (χ1v) is 6.55. The first-order valence-electron chi connectivity index (χ1n) is 5.67. The van der Waals surface area contributed by atoms with Crippen LogP contribution in [0.3, 0.4) is 0 Å². The number of halogens is 1. The molecule has 96 valence electrons. The normalized spacial score (nSPS) is 10.4. The van der Waals surface area contributed by atoms with Gasteiger partial charge in [-0.3, -0.25) is 0 Å². The second kappa shape index (κ2) is 5.82. The third kappa shape index (κ3) is 2.98. The van der Waals surface area contributed by atoms with E-state index in [9.17, 15) is 4.39 Å². The summed E-state index contributed by atoms with van der Waals surface area (Å²) < 4.78 is 18.1. The second-order valence-electron chi connectivity index (χ2n) is 3.88. The van der Waals surface area contributed by atoms with Crippen molar-refractivity contribution >= 4 is 17.0 Å². The Bertz CT molecular complexity index is 527. The molecule has 0 atom stereocenters. The number of methoxy groups -OCH3 is 1. The first kappa shape index (κ1) is 12.8. The van der Waals surface area contributed by atoms with E-state index in [0.717, 1.165) is 24.3 Å². The van der Waals surface area contributed by atoms with Gasteiger partial charge in [-0.1, -0.05) is 0 Å². The molecule has 0 aliphatic carbocycles. The van der Waals surface area contributed by atoms with Gasteiger partial charge in [-0.25, -0.2) is 9.37 Å². The SMILES string of the molecule is COc1cc(F)ccc1NCCc1scnc1C. The predicted octanol–water partition coefficient (Wildman–Crippen LogP) is 3.25. The summed E-state index contributed by atoms with van der Waals surface area (Å²) in [7, 11) is 1.54. The molecule has 3 nitrogen and oxygen atoms in total. The molecule has 0 spiro atoms. The maximum Gasteiger partial charge on any atom is 0.144 e. The zero-order valence-corrected chi connectivity index (χ0v) is 11.2. The van der Waals surface area contributed by atoms with E-state index in [1.54, 1.807) is 17.4 Å².